The van der Waals surface area contributed by atoms with Gasteiger partial charge in [0.1, 0.15) is 5.82 Å². The second kappa shape index (κ2) is 5.71. The number of rotatable bonds is 3. The van der Waals surface area contributed by atoms with Crippen LogP contribution in [0.15, 0.2) is 17.8 Å². The van der Waals surface area contributed by atoms with E-state index in [1.807, 2.05) is 11.6 Å². The number of pyridine rings is 1. The Morgan fingerprint density at radius 2 is 2.24 bits per heavy atom. The molecule has 2 N–H and O–H groups in total. The number of carbonyl (C=O) groups is 1. The van der Waals surface area contributed by atoms with E-state index in [4.69, 9.17) is 11.6 Å². The minimum Gasteiger partial charge on any atom is -0.346 e. The van der Waals surface area contributed by atoms with E-state index < -0.39 is 0 Å². The summed E-state index contributed by atoms with van der Waals surface area (Å²) < 4.78 is 0. The van der Waals surface area contributed by atoms with Crippen LogP contribution in [0.1, 0.15) is 30.7 Å². The molecule has 0 radical (unpaired) electrons. The summed E-state index contributed by atoms with van der Waals surface area (Å²) in [6.45, 7) is 1.42. The topological polar surface area (TPSA) is 73.9 Å². The number of hydrogen-bond acceptors (Lipinski definition) is 4. The van der Waals surface area contributed by atoms with Crippen LogP contribution >= 0.6 is 22.9 Å². The average molecular weight is 374 g/mol. The zero-order chi connectivity index (χ0) is 17.0. The molecule has 1 aliphatic carbocycles. The molecule has 1 aromatic rings. The number of urea groups is 1. The molecular formula is C17H16ClN5OS. The maximum Gasteiger partial charge on any atom is 0.323 e. The first kappa shape index (κ1) is 15.2. The number of anilines is 1. The van der Waals surface area contributed by atoms with Crippen LogP contribution in [0, 0.1) is 0 Å². The van der Waals surface area contributed by atoms with Crippen molar-refractivity contribution in [2.75, 3.05) is 18.0 Å². The van der Waals surface area contributed by atoms with E-state index in [0.29, 0.717) is 17.6 Å². The predicted molar refractivity (Wildman–Crippen MR) is 98.7 cm³/mol. The lowest BCUT2D eigenvalue weighted by atomic mass is 10.0. The van der Waals surface area contributed by atoms with Crippen molar-refractivity contribution >= 4 is 34.1 Å². The van der Waals surface area contributed by atoms with Gasteiger partial charge < -0.3 is 10.3 Å². The molecular weight excluding hydrogens is 358 g/mol. The van der Waals surface area contributed by atoms with Gasteiger partial charge in [0.15, 0.2) is 5.13 Å². The van der Waals surface area contributed by atoms with Gasteiger partial charge in [-0.25, -0.2) is 14.8 Å². The molecule has 5 rings (SSSR count). The fraction of sp³-hybridized carbons (Fsp3) is 0.353. The predicted octanol–water partition coefficient (Wildman–Crippen LogP) is 4.09. The Labute approximate surface area is 153 Å². The number of fused-ring (bicyclic) bond motifs is 1. The fourth-order valence-corrected chi connectivity index (χ4v) is 4.53. The highest BCUT2D eigenvalue weighted by atomic mass is 35.5. The van der Waals surface area contributed by atoms with Crippen molar-refractivity contribution in [3.05, 3.63) is 28.4 Å². The average Bonchev–Trinajstić information content (AvgIpc) is 3.17. The summed E-state index contributed by atoms with van der Waals surface area (Å²) in [7, 11) is 0. The second-order valence-electron chi connectivity index (χ2n) is 6.48. The molecule has 0 unspecified atom stereocenters. The number of halogens is 1. The molecule has 0 spiro atoms. The number of nitrogens with one attached hydrogen (secondary N) is 2. The standard InChI is InChI=1S/C17H16ClN5OS/c18-14-10(9-2-3-9)6-20-15-13(14)11(7-21-15)12-8-25-17(22-12)23-5-1-4-19-16(23)24/h6-9H,1-5H2,(H,19,24)(H,20,21). The molecule has 1 aromatic heterocycles. The maximum atomic E-state index is 12.0. The molecule has 6 nitrogen and oxygen atoms in total. The van der Waals surface area contributed by atoms with Crippen molar-refractivity contribution in [1.82, 2.24) is 20.3 Å². The van der Waals surface area contributed by atoms with E-state index in [1.54, 1.807) is 11.1 Å². The molecule has 0 aromatic carbocycles. The molecule has 8 heteroatoms. The van der Waals surface area contributed by atoms with E-state index in [0.717, 1.165) is 46.2 Å². The molecule has 0 bridgehead atoms. The van der Waals surface area contributed by atoms with Crippen molar-refractivity contribution in [1.29, 1.82) is 0 Å². The lowest BCUT2D eigenvalue weighted by Crippen LogP contribution is -2.46. The highest BCUT2D eigenvalue weighted by Gasteiger charge is 2.30. The number of nitrogens with zero attached hydrogens (tertiary/aromatic N) is 3. The van der Waals surface area contributed by atoms with Gasteiger partial charge in [-0.2, -0.15) is 0 Å². The molecule has 2 fully saturated rings. The summed E-state index contributed by atoms with van der Waals surface area (Å²) in [6, 6.07) is -0.0833. The SMILES string of the molecule is O=C1NCCCN1c1nc(-c2cnc3[nH]cc(C4CC4)c(Cl)c2-3)cs1. The Kier molecular flexibility index (Phi) is 3.46. The number of carbonyl (C=O) groups excluding carboxylic acids is 1. The largest absolute Gasteiger partial charge is 0.346 e. The zero-order valence-electron chi connectivity index (χ0n) is 13.4. The Balaban J connectivity index is 1.55. The lowest BCUT2D eigenvalue weighted by molar-refractivity contribution is 0.243. The quantitative estimate of drug-likeness (QED) is 0.726. The van der Waals surface area contributed by atoms with Gasteiger partial charge in [0.2, 0.25) is 0 Å². The van der Waals surface area contributed by atoms with Crippen molar-refractivity contribution in [3.8, 4) is 22.6 Å². The number of aromatic nitrogens is 3. The smallest absolute Gasteiger partial charge is 0.323 e. The molecule has 0 atom stereocenters. The van der Waals surface area contributed by atoms with Crippen LogP contribution in [0.4, 0.5) is 9.93 Å². The van der Waals surface area contributed by atoms with Gasteiger partial charge in [-0.05, 0) is 30.7 Å². The third-order valence-corrected chi connectivity index (χ3v) is 6.03. The Hall–Kier alpha value is -2.12. The van der Waals surface area contributed by atoms with E-state index in [1.165, 1.54) is 24.2 Å². The highest BCUT2D eigenvalue weighted by Crippen LogP contribution is 2.48. The van der Waals surface area contributed by atoms with Crippen LogP contribution in [0.25, 0.3) is 22.6 Å². The van der Waals surface area contributed by atoms with Gasteiger partial charge >= 0.3 is 6.03 Å². The number of thiazole rings is 1. The van der Waals surface area contributed by atoms with Gasteiger partial charge in [0.05, 0.1) is 10.7 Å². The van der Waals surface area contributed by atoms with Crippen LogP contribution in [-0.4, -0.2) is 34.1 Å². The summed E-state index contributed by atoms with van der Waals surface area (Å²) >= 11 is 8.16. The first-order valence-electron chi connectivity index (χ1n) is 8.39. The van der Waals surface area contributed by atoms with Crippen LogP contribution in [0.3, 0.4) is 0 Å². The summed E-state index contributed by atoms with van der Waals surface area (Å²) in [5.74, 6) is 1.33. The van der Waals surface area contributed by atoms with E-state index in [2.05, 4.69) is 20.3 Å². The van der Waals surface area contributed by atoms with Crippen molar-refractivity contribution in [2.24, 2.45) is 0 Å². The van der Waals surface area contributed by atoms with Crippen LogP contribution < -0.4 is 10.2 Å². The Morgan fingerprint density at radius 3 is 3.04 bits per heavy atom. The van der Waals surface area contributed by atoms with Crippen molar-refractivity contribution in [3.63, 3.8) is 0 Å². The third kappa shape index (κ3) is 2.49. The van der Waals surface area contributed by atoms with Gasteiger partial charge in [-0.15, -0.1) is 11.3 Å². The molecule has 25 heavy (non-hydrogen) atoms. The molecule has 4 heterocycles. The minimum atomic E-state index is -0.0833. The fourth-order valence-electron chi connectivity index (χ4n) is 3.28. The zero-order valence-corrected chi connectivity index (χ0v) is 15.0. The van der Waals surface area contributed by atoms with E-state index >= 15 is 0 Å². The van der Waals surface area contributed by atoms with Gasteiger partial charge in [-0.1, -0.05) is 11.6 Å². The first-order chi connectivity index (χ1) is 12.2. The third-order valence-electron chi connectivity index (χ3n) is 4.76. The summed E-state index contributed by atoms with van der Waals surface area (Å²) in [5.41, 5.74) is 3.81. The second-order valence-corrected chi connectivity index (χ2v) is 7.69. The Morgan fingerprint density at radius 1 is 1.36 bits per heavy atom. The molecule has 1 saturated carbocycles. The number of H-pyrrole nitrogens is 1. The van der Waals surface area contributed by atoms with Gasteiger partial charge in [-0.3, -0.25) is 4.90 Å². The van der Waals surface area contributed by atoms with E-state index in [-0.39, 0.29) is 6.03 Å². The summed E-state index contributed by atoms with van der Waals surface area (Å²) in [6.07, 6.45) is 7.08. The molecule has 128 valence electrons. The monoisotopic (exact) mass is 373 g/mol. The van der Waals surface area contributed by atoms with E-state index in [9.17, 15) is 4.79 Å². The molecule has 3 aliphatic heterocycles. The summed E-state index contributed by atoms with van der Waals surface area (Å²) in [5, 5.41) is 6.30. The number of amides is 2. The normalized spacial score (nSPS) is 18.0. The van der Waals surface area contributed by atoms with Crippen molar-refractivity contribution in [2.45, 2.75) is 25.2 Å². The highest BCUT2D eigenvalue weighted by molar-refractivity contribution is 7.14. The first-order valence-corrected chi connectivity index (χ1v) is 9.65. The number of aromatic amines is 1. The van der Waals surface area contributed by atoms with Gasteiger partial charge in [0, 0.05) is 42.0 Å². The summed E-state index contributed by atoms with van der Waals surface area (Å²) in [4.78, 5) is 26.1. The lowest BCUT2D eigenvalue weighted by Gasteiger charge is -2.24. The van der Waals surface area contributed by atoms with Crippen molar-refractivity contribution < 1.29 is 4.79 Å². The van der Waals surface area contributed by atoms with Crippen LogP contribution in [-0.2, 0) is 0 Å². The Bertz CT molecular complexity index is 931. The van der Waals surface area contributed by atoms with Crippen LogP contribution in [0.2, 0.25) is 5.02 Å². The maximum absolute atomic E-state index is 12.0. The van der Waals surface area contributed by atoms with Gasteiger partial charge in [0.25, 0.3) is 0 Å². The number of hydrogen-bond donors (Lipinski definition) is 2. The van der Waals surface area contributed by atoms with Crippen LogP contribution in [0.5, 0.6) is 0 Å². The molecule has 2 amide bonds. The molecule has 1 saturated heterocycles. The molecule has 4 aliphatic rings. The minimum absolute atomic E-state index is 0.0833.